The molecule has 5 heteroatoms. The van der Waals surface area contributed by atoms with Crippen molar-refractivity contribution in [1.82, 2.24) is 15.1 Å². The molecule has 1 atom stereocenters. The maximum atomic E-state index is 14.1. The molecular formula is C16H28FN3O. The third-order valence-electron chi connectivity index (χ3n) is 3.66. The first-order valence-electron chi connectivity index (χ1n) is 7.32. The van der Waals surface area contributed by atoms with Crippen molar-refractivity contribution in [1.29, 1.82) is 0 Å². The molecule has 4 nitrogen and oxygen atoms in total. The Hall–Kier alpha value is -1.17. The lowest BCUT2D eigenvalue weighted by atomic mass is 10.0. The van der Waals surface area contributed by atoms with Crippen molar-refractivity contribution in [2.75, 3.05) is 54.9 Å². The quantitative estimate of drug-likeness (QED) is 0.754. The molecule has 0 amide bonds. The third-order valence-corrected chi connectivity index (χ3v) is 3.66. The number of hydrogen-bond acceptors (Lipinski definition) is 4. The van der Waals surface area contributed by atoms with Crippen LogP contribution in [-0.4, -0.2) is 64.7 Å². The molecular weight excluding hydrogens is 269 g/mol. The highest BCUT2D eigenvalue weighted by Gasteiger charge is 2.19. The highest BCUT2D eigenvalue weighted by molar-refractivity contribution is 5.37. The van der Waals surface area contributed by atoms with Crippen molar-refractivity contribution in [2.45, 2.75) is 12.5 Å². The Labute approximate surface area is 127 Å². The fraction of sp³-hybridized carbons (Fsp3) is 0.625. The standard InChI is InChI=1S/C16H28FN3O/c1-18-14(9-10-20(4)12-11-19(2)3)16-13(17)7-6-8-15(16)21-5/h6-8,14,18H,9-12H2,1-5H3. The number of nitrogens with one attached hydrogen (secondary N) is 1. The molecule has 0 saturated carbocycles. The van der Waals surface area contributed by atoms with E-state index < -0.39 is 0 Å². The monoisotopic (exact) mass is 297 g/mol. The number of halogens is 1. The number of hydrogen-bond donors (Lipinski definition) is 1. The normalized spacial score (nSPS) is 13.0. The van der Waals surface area contributed by atoms with Gasteiger partial charge in [0.15, 0.2) is 0 Å². The maximum absolute atomic E-state index is 14.1. The molecule has 1 aromatic rings. The van der Waals surface area contributed by atoms with Crippen molar-refractivity contribution in [2.24, 2.45) is 0 Å². The summed E-state index contributed by atoms with van der Waals surface area (Å²) in [7, 11) is 9.66. The maximum Gasteiger partial charge on any atom is 0.131 e. The second kappa shape index (κ2) is 8.97. The molecule has 0 aliphatic carbocycles. The van der Waals surface area contributed by atoms with Gasteiger partial charge in [0, 0.05) is 24.7 Å². The summed E-state index contributed by atoms with van der Waals surface area (Å²) >= 11 is 0. The fourth-order valence-corrected chi connectivity index (χ4v) is 2.30. The number of likely N-dealkylation sites (N-methyl/N-ethyl adjacent to an activating group) is 2. The van der Waals surface area contributed by atoms with Gasteiger partial charge in [-0.05, 0) is 53.3 Å². The minimum atomic E-state index is -0.218. The lowest BCUT2D eigenvalue weighted by molar-refractivity contribution is 0.268. The molecule has 21 heavy (non-hydrogen) atoms. The Morgan fingerprint density at radius 3 is 2.48 bits per heavy atom. The lowest BCUT2D eigenvalue weighted by Gasteiger charge is -2.24. The van der Waals surface area contributed by atoms with Crippen LogP contribution in [0.5, 0.6) is 5.75 Å². The highest BCUT2D eigenvalue weighted by atomic mass is 19.1. The zero-order valence-corrected chi connectivity index (χ0v) is 13.8. The zero-order chi connectivity index (χ0) is 15.8. The van der Waals surface area contributed by atoms with Gasteiger partial charge in [-0.25, -0.2) is 4.39 Å². The van der Waals surface area contributed by atoms with Crippen LogP contribution in [0.4, 0.5) is 4.39 Å². The molecule has 0 fully saturated rings. The van der Waals surface area contributed by atoms with Gasteiger partial charge in [0.2, 0.25) is 0 Å². The first-order valence-corrected chi connectivity index (χ1v) is 7.32. The summed E-state index contributed by atoms with van der Waals surface area (Å²) in [5.41, 5.74) is 0.614. The first-order chi connectivity index (χ1) is 9.99. The van der Waals surface area contributed by atoms with E-state index in [1.807, 2.05) is 7.05 Å². The summed E-state index contributed by atoms with van der Waals surface area (Å²) in [5.74, 6) is 0.384. The van der Waals surface area contributed by atoms with Gasteiger partial charge in [0.25, 0.3) is 0 Å². The Bertz CT molecular complexity index is 426. The van der Waals surface area contributed by atoms with Crippen molar-refractivity contribution in [3.05, 3.63) is 29.6 Å². The zero-order valence-electron chi connectivity index (χ0n) is 13.8. The number of methoxy groups -OCH3 is 1. The topological polar surface area (TPSA) is 27.7 Å². The average molecular weight is 297 g/mol. The molecule has 0 aliphatic heterocycles. The van der Waals surface area contributed by atoms with Crippen LogP contribution in [0.2, 0.25) is 0 Å². The van der Waals surface area contributed by atoms with Crippen molar-refractivity contribution >= 4 is 0 Å². The van der Waals surface area contributed by atoms with Gasteiger partial charge in [-0.15, -0.1) is 0 Å². The van der Waals surface area contributed by atoms with E-state index in [2.05, 4.69) is 36.3 Å². The van der Waals surface area contributed by atoms with Crippen LogP contribution < -0.4 is 10.1 Å². The van der Waals surface area contributed by atoms with E-state index in [1.165, 1.54) is 6.07 Å². The van der Waals surface area contributed by atoms with E-state index in [1.54, 1.807) is 19.2 Å². The van der Waals surface area contributed by atoms with E-state index in [0.29, 0.717) is 11.3 Å². The molecule has 1 rings (SSSR count). The summed E-state index contributed by atoms with van der Waals surface area (Å²) in [6.07, 6.45) is 0.831. The van der Waals surface area contributed by atoms with Crippen LogP contribution in [-0.2, 0) is 0 Å². The van der Waals surface area contributed by atoms with E-state index in [0.717, 1.165) is 26.1 Å². The second-order valence-corrected chi connectivity index (χ2v) is 5.59. The van der Waals surface area contributed by atoms with Crippen LogP contribution in [0.25, 0.3) is 0 Å². The molecule has 0 spiro atoms. The van der Waals surface area contributed by atoms with Crippen molar-refractivity contribution < 1.29 is 9.13 Å². The molecule has 1 unspecified atom stereocenters. The van der Waals surface area contributed by atoms with Gasteiger partial charge in [-0.3, -0.25) is 0 Å². The summed E-state index contributed by atoms with van der Waals surface area (Å²) in [4.78, 5) is 4.42. The van der Waals surface area contributed by atoms with Gasteiger partial charge >= 0.3 is 0 Å². The SMILES string of the molecule is CNC(CCN(C)CCN(C)C)c1c(F)cccc1OC. The Balaban J connectivity index is 2.67. The predicted octanol–water partition coefficient (Wildman–Crippen LogP) is 1.98. The molecule has 0 heterocycles. The smallest absolute Gasteiger partial charge is 0.131 e. The second-order valence-electron chi connectivity index (χ2n) is 5.59. The Morgan fingerprint density at radius 2 is 1.90 bits per heavy atom. The molecule has 0 saturated heterocycles. The molecule has 0 radical (unpaired) electrons. The van der Waals surface area contributed by atoms with Gasteiger partial charge < -0.3 is 19.9 Å². The van der Waals surface area contributed by atoms with Gasteiger partial charge in [0.1, 0.15) is 11.6 Å². The Morgan fingerprint density at radius 1 is 1.19 bits per heavy atom. The summed E-state index contributed by atoms with van der Waals surface area (Å²) in [5, 5.41) is 3.20. The summed E-state index contributed by atoms with van der Waals surface area (Å²) in [6.45, 7) is 2.92. The number of ether oxygens (including phenoxy) is 1. The summed E-state index contributed by atoms with van der Waals surface area (Å²) < 4.78 is 19.4. The van der Waals surface area contributed by atoms with Crippen molar-refractivity contribution in [3.8, 4) is 5.75 Å². The number of nitrogens with zero attached hydrogens (tertiary/aromatic N) is 2. The lowest BCUT2D eigenvalue weighted by Crippen LogP contribution is -2.31. The minimum absolute atomic E-state index is 0.0528. The van der Waals surface area contributed by atoms with Crippen LogP contribution >= 0.6 is 0 Å². The minimum Gasteiger partial charge on any atom is -0.496 e. The molecule has 0 bridgehead atoms. The van der Waals surface area contributed by atoms with Crippen molar-refractivity contribution in [3.63, 3.8) is 0 Å². The van der Waals surface area contributed by atoms with Gasteiger partial charge in [-0.1, -0.05) is 6.07 Å². The number of rotatable bonds is 9. The third kappa shape index (κ3) is 5.61. The largest absolute Gasteiger partial charge is 0.496 e. The average Bonchev–Trinajstić information content (AvgIpc) is 2.46. The molecule has 120 valence electrons. The van der Waals surface area contributed by atoms with E-state index in [-0.39, 0.29) is 11.9 Å². The fourth-order valence-electron chi connectivity index (χ4n) is 2.30. The first kappa shape index (κ1) is 17.9. The van der Waals surface area contributed by atoms with Crippen LogP contribution in [0.15, 0.2) is 18.2 Å². The molecule has 1 aromatic carbocycles. The summed E-state index contributed by atoms with van der Waals surface area (Å²) in [6, 6.07) is 4.91. The van der Waals surface area contributed by atoms with Crippen LogP contribution in [0, 0.1) is 5.82 Å². The number of benzene rings is 1. The molecule has 0 aromatic heterocycles. The molecule has 0 aliphatic rings. The van der Waals surface area contributed by atoms with E-state index in [9.17, 15) is 4.39 Å². The molecule has 1 N–H and O–H groups in total. The van der Waals surface area contributed by atoms with Gasteiger partial charge in [-0.2, -0.15) is 0 Å². The van der Waals surface area contributed by atoms with Crippen LogP contribution in [0.3, 0.4) is 0 Å². The van der Waals surface area contributed by atoms with E-state index >= 15 is 0 Å². The van der Waals surface area contributed by atoms with Gasteiger partial charge in [0.05, 0.1) is 7.11 Å². The highest BCUT2D eigenvalue weighted by Crippen LogP contribution is 2.29. The Kier molecular flexibility index (Phi) is 7.64. The van der Waals surface area contributed by atoms with E-state index in [4.69, 9.17) is 4.74 Å². The van der Waals surface area contributed by atoms with Crippen LogP contribution in [0.1, 0.15) is 18.0 Å². The predicted molar refractivity (Wildman–Crippen MR) is 85.4 cm³/mol.